The number of likely N-dealkylation sites (N-methyl/N-ethyl adjacent to an activating group) is 1. The molecule has 0 radical (unpaired) electrons. The smallest absolute Gasteiger partial charge is 0.0406 e. The Hall–Kier alpha value is -0.610. The molecular weight excluding hydrogens is 258 g/mol. The fourth-order valence-electron chi connectivity index (χ4n) is 2.12. The Morgan fingerprint density at radius 2 is 1.53 bits per heavy atom. The maximum atomic E-state index is 5.91. The molecule has 1 aromatic rings. The third kappa shape index (κ3) is 6.39. The van der Waals surface area contributed by atoms with E-state index in [0.29, 0.717) is 6.54 Å². The number of rotatable bonds is 9. The van der Waals surface area contributed by atoms with Gasteiger partial charge in [0.1, 0.15) is 0 Å². The summed E-state index contributed by atoms with van der Waals surface area (Å²) in [7, 11) is 0. The van der Waals surface area contributed by atoms with Crippen LogP contribution >= 0.6 is 11.6 Å². The molecule has 0 saturated heterocycles. The van der Waals surface area contributed by atoms with Crippen LogP contribution in [0.15, 0.2) is 24.3 Å². The van der Waals surface area contributed by atoms with E-state index in [4.69, 9.17) is 17.3 Å². The van der Waals surface area contributed by atoms with Crippen LogP contribution in [-0.2, 0) is 6.54 Å². The lowest BCUT2D eigenvalue weighted by molar-refractivity contribution is 0.212. The van der Waals surface area contributed by atoms with Crippen molar-refractivity contribution in [3.63, 3.8) is 0 Å². The zero-order chi connectivity index (χ0) is 14.1. The summed E-state index contributed by atoms with van der Waals surface area (Å²) in [6.07, 6.45) is 0. The molecule has 0 amide bonds. The lowest BCUT2D eigenvalue weighted by atomic mass is 10.2. The number of hydrogen-bond acceptors (Lipinski definition) is 3. The van der Waals surface area contributed by atoms with Gasteiger partial charge in [-0.15, -0.1) is 0 Å². The molecule has 1 aromatic carbocycles. The number of halogens is 1. The zero-order valence-corrected chi connectivity index (χ0v) is 12.9. The molecule has 4 heteroatoms. The van der Waals surface area contributed by atoms with Crippen molar-refractivity contribution in [1.29, 1.82) is 0 Å². The van der Waals surface area contributed by atoms with E-state index in [1.54, 1.807) is 0 Å². The Kier molecular flexibility index (Phi) is 8.07. The number of nitrogens with zero attached hydrogens (tertiary/aromatic N) is 2. The van der Waals surface area contributed by atoms with Gasteiger partial charge < -0.3 is 10.6 Å². The number of nitrogens with two attached hydrogens (primary N) is 1. The van der Waals surface area contributed by atoms with Gasteiger partial charge in [0.15, 0.2) is 0 Å². The Morgan fingerprint density at radius 3 is 2.05 bits per heavy atom. The quantitative estimate of drug-likeness (QED) is 0.756. The monoisotopic (exact) mass is 283 g/mol. The molecular formula is C15H26ClN3. The molecule has 108 valence electrons. The molecule has 0 aliphatic carbocycles. The first-order chi connectivity index (χ1) is 9.19. The van der Waals surface area contributed by atoms with Crippen molar-refractivity contribution in [2.75, 3.05) is 39.3 Å². The molecule has 0 heterocycles. The minimum absolute atomic E-state index is 0.700. The van der Waals surface area contributed by atoms with Crippen LogP contribution in [0.1, 0.15) is 19.4 Å². The molecule has 0 fully saturated rings. The van der Waals surface area contributed by atoms with Crippen molar-refractivity contribution in [3.8, 4) is 0 Å². The van der Waals surface area contributed by atoms with Gasteiger partial charge in [-0.1, -0.05) is 37.6 Å². The third-order valence-corrected chi connectivity index (χ3v) is 3.64. The van der Waals surface area contributed by atoms with Crippen LogP contribution in [0.3, 0.4) is 0 Å². The van der Waals surface area contributed by atoms with Gasteiger partial charge in [0.2, 0.25) is 0 Å². The molecule has 0 spiro atoms. The summed E-state index contributed by atoms with van der Waals surface area (Å²) in [5, 5.41) is 0.789. The number of hydrogen-bond donors (Lipinski definition) is 1. The highest BCUT2D eigenvalue weighted by Crippen LogP contribution is 2.11. The fraction of sp³-hybridized carbons (Fsp3) is 0.600. The molecule has 0 aliphatic heterocycles. The summed E-state index contributed by atoms with van der Waals surface area (Å²) in [5.74, 6) is 0. The van der Waals surface area contributed by atoms with Gasteiger partial charge in [-0.05, 0) is 30.8 Å². The largest absolute Gasteiger partial charge is 0.329 e. The van der Waals surface area contributed by atoms with Gasteiger partial charge >= 0.3 is 0 Å². The molecule has 0 unspecified atom stereocenters. The molecule has 1 rings (SSSR count). The Balaban J connectivity index is 2.49. The first kappa shape index (κ1) is 16.4. The van der Waals surface area contributed by atoms with E-state index in [1.165, 1.54) is 5.56 Å². The topological polar surface area (TPSA) is 32.5 Å². The van der Waals surface area contributed by atoms with Gasteiger partial charge in [0, 0.05) is 37.7 Å². The minimum Gasteiger partial charge on any atom is -0.329 e. The second-order valence-electron chi connectivity index (χ2n) is 4.72. The maximum absolute atomic E-state index is 5.91. The summed E-state index contributed by atoms with van der Waals surface area (Å²) in [6, 6.07) is 8.07. The summed E-state index contributed by atoms with van der Waals surface area (Å²) in [5.41, 5.74) is 6.99. The summed E-state index contributed by atoms with van der Waals surface area (Å²) < 4.78 is 0. The zero-order valence-electron chi connectivity index (χ0n) is 12.1. The first-order valence-electron chi connectivity index (χ1n) is 7.08. The summed E-state index contributed by atoms with van der Waals surface area (Å²) in [4.78, 5) is 4.84. The highest BCUT2D eigenvalue weighted by atomic mass is 35.5. The van der Waals surface area contributed by atoms with Gasteiger partial charge in [0.25, 0.3) is 0 Å². The average molecular weight is 284 g/mol. The predicted octanol–water partition coefficient (Wildman–Crippen LogP) is 2.44. The van der Waals surface area contributed by atoms with E-state index in [0.717, 1.165) is 44.3 Å². The lowest BCUT2D eigenvalue weighted by Crippen LogP contribution is -2.37. The van der Waals surface area contributed by atoms with E-state index in [1.807, 2.05) is 12.1 Å². The normalized spacial score (nSPS) is 11.5. The van der Waals surface area contributed by atoms with E-state index in [-0.39, 0.29) is 0 Å². The van der Waals surface area contributed by atoms with Gasteiger partial charge in [-0.25, -0.2) is 0 Å². The van der Waals surface area contributed by atoms with Crippen molar-refractivity contribution in [1.82, 2.24) is 9.80 Å². The minimum atomic E-state index is 0.700. The maximum Gasteiger partial charge on any atom is 0.0406 e. The van der Waals surface area contributed by atoms with Gasteiger partial charge in [0.05, 0.1) is 0 Å². The van der Waals surface area contributed by atoms with Crippen molar-refractivity contribution >= 4 is 11.6 Å². The molecule has 0 saturated carbocycles. The second kappa shape index (κ2) is 9.32. The fourth-order valence-corrected chi connectivity index (χ4v) is 2.25. The molecule has 0 aliphatic rings. The molecule has 0 aromatic heterocycles. The van der Waals surface area contributed by atoms with Crippen LogP contribution in [0, 0.1) is 0 Å². The Labute approximate surface area is 122 Å². The van der Waals surface area contributed by atoms with Crippen LogP contribution in [0.5, 0.6) is 0 Å². The highest BCUT2D eigenvalue weighted by molar-refractivity contribution is 6.30. The number of benzene rings is 1. The van der Waals surface area contributed by atoms with Gasteiger partial charge in [-0.2, -0.15) is 0 Å². The molecule has 0 bridgehead atoms. The van der Waals surface area contributed by atoms with Crippen LogP contribution in [0.25, 0.3) is 0 Å². The summed E-state index contributed by atoms with van der Waals surface area (Å²) in [6.45, 7) is 11.3. The predicted molar refractivity (Wildman–Crippen MR) is 83.6 cm³/mol. The van der Waals surface area contributed by atoms with E-state index < -0.39 is 0 Å². The Morgan fingerprint density at radius 1 is 0.947 bits per heavy atom. The third-order valence-electron chi connectivity index (χ3n) is 3.39. The van der Waals surface area contributed by atoms with Crippen LogP contribution in [0.4, 0.5) is 0 Å². The van der Waals surface area contributed by atoms with Crippen molar-refractivity contribution in [2.45, 2.75) is 20.4 Å². The van der Waals surface area contributed by atoms with Crippen molar-refractivity contribution < 1.29 is 0 Å². The Bertz CT molecular complexity index is 336. The molecule has 2 N–H and O–H groups in total. The SMILES string of the molecule is CCN(CC)CCN(CCN)Cc1ccc(Cl)cc1. The van der Waals surface area contributed by atoms with Crippen LogP contribution in [-0.4, -0.2) is 49.1 Å². The van der Waals surface area contributed by atoms with Crippen LogP contribution in [0.2, 0.25) is 5.02 Å². The lowest BCUT2D eigenvalue weighted by Gasteiger charge is -2.26. The van der Waals surface area contributed by atoms with E-state index in [9.17, 15) is 0 Å². The van der Waals surface area contributed by atoms with Crippen molar-refractivity contribution in [2.24, 2.45) is 5.73 Å². The molecule has 0 atom stereocenters. The van der Waals surface area contributed by atoms with E-state index in [2.05, 4.69) is 35.8 Å². The van der Waals surface area contributed by atoms with E-state index >= 15 is 0 Å². The van der Waals surface area contributed by atoms with Gasteiger partial charge in [-0.3, -0.25) is 4.90 Å². The van der Waals surface area contributed by atoms with Crippen molar-refractivity contribution in [3.05, 3.63) is 34.9 Å². The molecule has 3 nitrogen and oxygen atoms in total. The first-order valence-corrected chi connectivity index (χ1v) is 7.46. The summed E-state index contributed by atoms with van der Waals surface area (Å²) >= 11 is 5.91. The molecule has 19 heavy (non-hydrogen) atoms. The average Bonchev–Trinajstić information content (AvgIpc) is 2.42. The van der Waals surface area contributed by atoms with Crippen LogP contribution < -0.4 is 5.73 Å². The highest BCUT2D eigenvalue weighted by Gasteiger charge is 2.07. The standard InChI is InChI=1S/C15H26ClN3/c1-3-18(4-2)11-12-19(10-9-17)13-14-5-7-15(16)8-6-14/h5-8H,3-4,9-13,17H2,1-2H3. The second-order valence-corrected chi connectivity index (χ2v) is 5.15.